The summed E-state index contributed by atoms with van der Waals surface area (Å²) in [5.74, 6) is -5.54. The van der Waals surface area contributed by atoms with Crippen molar-refractivity contribution in [1.29, 1.82) is 5.53 Å². The third kappa shape index (κ3) is 15.7. The van der Waals surface area contributed by atoms with Crippen LogP contribution in [0.5, 0.6) is 0 Å². The number of carboxylic acids is 1. The van der Waals surface area contributed by atoms with Crippen LogP contribution in [0, 0.1) is 5.53 Å². The first-order chi connectivity index (χ1) is 47.8. The number of hydrogen-bond acceptors (Lipinski definition) is 12. The summed E-state index contributed by atoms with van der Waals surface area (Å²) < 4.78 is 89.9. The number of nitrogens with zero attached hydrogens (tertiary/aromatic N) is 35. The van der Waals surface area contributed by atoms with Crippen molar-refractivity contribution in [1.82, 2.24) is 54.1 Å². The Kier molecular flexibility index (Phi) is 20.8. The standard InChI is InChI=1S/C27H25F4N7O.C23H20F2N6O2.CH4.H3N27/c28-26(29)10-17(11-26)36-24(39)25(12-27(30,31)13-25)16-3-1-2-15(8-16)21-9-19(22-23(32)33-14-35-38(21)22)20-6-7-34-37(20)18-4-5-18;24-23(25)10-22(11-23,21(32)33)14-3-1-2-13(8-14)18-9-16(19-20(26)27-12-29-31(18)19)17-6-7-28-30(17)15-4-5-15;;1-3-5-7-9-11-13-15-17-19-21-23-25-27-26-24-22-20-18-16-14-12-10-8-6-4-2/h1-3,6-9,14,17-18H,4-5,10-13H2,(H,36,39)(H2,32,33,35);1-3,6-9,12,15H,4-5,10-11H2,(H,32,33)(H2,26,27,29);1H4;(H3,1,2,5,6,9,10,13,14,17,18,21,22,25,26). The number of rotatable bonds is 23. The molecule has 100 heavy (non-hydrogen) atoms. The van der Waals surface area contributed by atoms with Crippen LogP contribution in [-0.4, -0.2) is 89.5 Å². The maximum Gasteiger partial charge on any atom is 0.314 e. The van der Waals surface area contributed by atoms with E-state index >= 15 is 0 Å². The molecule has 0 saturated heterocycles. The van der Waals surface area contributed by atoms with Crippen LogP contribution in [0.3, 0.4) is 0 Å². The van der Waals surface area contributed by atoms with Gasteiger partial charge in [0, 0.05) is 126 Å². The van der Waals surface area contributed by atoms with Gasteiger partial charge >= 0.3 is 5.97 Å². The van der Waals surface area contributed by atoms with Crippen molar-refractivity contribution in [3.63, 3.8) is 0 Å². The van der Waals surface area contributed by atoms with Gasteiger partial charge in [0.2, 0.25) is 5.91 Å². The summed E-state index contributed by atoms with van der Waals surface area (Å²) >= 11 is 0. The van der Waals surface area contributed by atoms with Gasteiger partial charge in [0.25, 0.3) is 17.8 Å². The SMILES string of the molecule is C.N=N/N=N/N=N/N=N/N=N/N=N/N=N/N=N/N=N/N=N/N=N/N=N/N=N/N.Nc1ncnn2c(-c3cccc(C4(C(=O)NC5CC(F)(F)C5)CC(F)(F)C4)c3)cc(-c3ccnn3C3CC3)c12.Nc1ncnn2c(-c3cccc(C4(C(=O)O)CC(F)(F)C4)c3)cc(-c3ccnn3C3CC3)c12. The van der Waals surface area contributed by atoms with E-state index in [1.807, 2.05) is 33.6 Å². The number of carboxylic acid groups (broad SMARTS) is 1. The Hall–Kier alpha value is -13.2. The van der Waals surface area contributed by atoms with E-state index in [1.54, 1.807) is 70.0 Å². The molecule has 8 aromatic rings. The Labute approximate surface area is 554 Å². The van der Waals surface area contributed by atoms with E-state index in [0.717, 1.165) is 48.2 Å². The van der Waals surface area contributed by atoms with Gasteiger partial charge < -0.3 is 27.7 Å². The van der Waals surface area contributed by atoms with Gasteiger partial charge in [-0.3, -0.25) is 19.0 Å². The molecule has 5 fully saturated rings. The van der Waals surface area contributed by atoms with E-state index < -0.39 is 85.0 Å². The quantitative estimate of drug-likeness (QED) is 0.0151. The second-order valence-electron chi connectivity index (χ2n) is 22.2. The average Bonchev–Trinajstić information content (AvgIpc) is 1.46. The van der Waals surface area contributed by atoms with Crippen LogP contribution >= 0.6 is 0 Å². The molecule has 5 saturated carbocycles. The first-order valence-corrected chi connectivity index (χ1v) is 28.8. The van der Waals surface area contributed by atoms with Crippen LogP contribution in [-0.2, 0) is 20.4 Å². The van der Waals surface area contributed by atoms with Gasteiger partial charge in [-0.1, -0.05) is 49.0 Å². The van der Waals surface area contributed by atoms with Gasteiger partial charge in [-0.2, -0.15) is 25.9 Å². The number of halogens is 6. The molecule has 43 nitrogen and oxygen atoms in total. The first-order valence-electron chi connectivity index (χ1n) is 28.8. The minimum absolute atomic E-state index is 0. The molecule has 2 aromatic carbocycles. The summed E-state index contributed by atoms with van der Waals surface area (Å²) in [5.41, 5.74) is 23.5. The molecule has 0 atom stereocenters. The number of aliphatic carboxylic acids is 1. The maximum atomic E-state index is 14.2. The number of aromatic nitrogens is 10. The van der Waals surface area contributed by atoms with Crippen LogP contribution in [0.15, 0.2) is 228 Å². The Balaban J connectivity index is 0.000000165. The van der Waals surface area contributed by atoms with Crippen LogP contribution in [0.1, 0.15) is 94.8 Å². The fourth-order valence-corrected chi connectivity index (χ4v) is 11.3. The molecule has 6 heterocycles. The number of amides is 1. The number of alkyl halides is 6. The molecule has 0 spiro atoms. The fraction of sp³-hybridized carbons (Fsp3) is 0.373. The van der Waals surface area contributed by atoms with Gasteiger partial charge in [-0.15, -0.1) is 0 Å². The molecule has 516 valence electrons. The lowest BCUT2D eigenvalue weighted by molar-refractivity contribution is -0.174. The molecule has 6 aromatic heterocycles. The summed E-state index contributed by atoms with van der Waals surface area (Å²) in [7, 11) is 0. The number of nitrogens with one attached hydrogen (secondary N) is 2. The maximum absolute atomic E-state index is 14.2. The van der Waals surface area contributed by atoms with E-state index in [0.29, 0.717) is 62.6 Å². The number of fused-ring (bicyclic) bond motifs is 2. The van der Waals surface area contributed by atoms with Gasteiger partial charge in [-0.25, -0.2) is 45.3 Å². The van der Waals surface area contributed by atoms with Crippen molar-refractivity contribution >= 4 is 34.5 Å². The van der Waals surface area contributed by atoms with E-state index in [-0.39, 0.29) is 13.2 Å². The van der Waals surface area contributed by atoms with Gasteiger partial charge in [0.05, 0.1) is 40.3 Å². The molecule has 1 amide bonds. The lowest BCUT2D eigenvalue weighted by atomic mass is 9.61. The minimum Gasteiger partial charge on any atom is -0.481 e. The zero-order valence-corrected chi connectivity index (χ0v) is 50.5. The molecule has 0 unspecified atom stereocenters. The van der Waals surface area contributed by atoms with Gasteiger partial charge in [-0.05, 0) is 152 Å². The van der Waals surface area contributed by atoms with Crippen molar-refractivity contribution in [2.45, 2.75) is 118 Å². The largest absolute Gasteiger partial charge is 0.481 e. The average molecular weight is 1390 g/mol. The number of benzene rings is 2. The normalized spacial score (nSPS) is 18.5. The predicted molar refractivity (Wildman–Crippen MR) is 324 cm³/mol. The third-order valence-electron chi connectivity index (χ3n) is 15.8. The number of carbonyl (C=O) groups is 2. The van der Waals surface area contributed by atoms with Gasteiger partial charge in [0.15, 0.2) is 11.6 Å². The Morgan fingerprint density at radius 2 is 0.870 bits per heavy atom. The highest BCUT2D eigenvalue weighted by atomic mass is 19.3. The number of nitrogen functional groups attached to an aromatic ring is 2. The summed E-state index contributed by atoms with van der Waals surface area (Å²) in [6.07, 6.45) is 6.59. The highest BCUT2D eigenvalue weighted by Crippen LogP contribution is 2.56. The topological polar surface area (TPSA) is 573 Å². The van der Waals surface area contributed by atoms with E-state index in [1.165, 1.54) is 12.7 Å². The summed E-state index contributed by atoms with van der Waals surface area (Å²) in [5, 5.41) is 103. The molecule has 0 aliphatic heterocycles. The number of carbonyl (C=O) groups excluding carboxylic acids is 1. The number of anilines is 2. The third-order valence-corrected chi connectivity index (χ3v) is 15.8. The van der Waals surface area contributed by atoms with Crippen LogP contribution in [0.4, 0.5) is 38.0 Å². The van der Waals surface area contributed by atoms with Crippen LogP contribution in [0.2, 0.25) is 0 Å². The lowest BCUT2D eigenvalue weighted by Crippen LogP contribution is -2.62. The zero-order valence-electron chi connectivity index (χ0n) is 50.5. The Morgan fingerprint density at radius 1 is 0.500 bits per heavy atom. The number of hydrogen-bond donors (Lipinski definition) is 6. The van der Waals surface area contributed by atoms with Crippen molar-refractivity contribution in [3.8, 4) is 45.0 Å². The second kappa shape index (κ2) is 29.9. The monoisotopic (exact) mass is 1390 g/mol. The Bertz CT molecular complexity index is 4670. The smallest absolute Gasteiger partial charge is 0.314 e. The van der Waals surface area contributed by atoms with Crippen molar-refractivity contribution < 1.29 is 41.0 Å². The molecular formula is C51H52F6N40O3. The van der Waals surface area contributed by atoms with E-state index in [4.69, 9.17) is 17.0 Å². The van der Waals surface area contributed by atoms with E-state index in [2.05, 4.69) is 172 Å². The van der Waals surface area contributed by atoms with Gasteiger partial charge in [0.1, 0.15) is 29.1 Å². The molecule has 49 heteroatoms. The molecule has 5 aliphatic carbocycles. The molecule has 9 N–H and O–H groups in total. The minimum atomic E-state index is -3.02. The van der Waals surface area contributed by atoms with Crippen molar-refractivity contribution in [2.75, 3.05) is 11.5 Å². The molecule has 0 radical (unpaired) electrons. The van der Waals surface area contributed by atoms with Crippen molar-refractivity contribution in [3.05, 3.63) is 109 Å². The molecular weight excluding hydrogens is 1330 g/mol. The summed E-state index contributed by atoms with van der Waals surface area (Å²) in [4.78, 5) is 33.6. The molecule has 5 aliphatic rings. The molecule has 0 bridgehead atoms. The fourth-order valence-electron chi connectivity index (χ4n) is 11.3. The summed E-state index contributed by atoms with van der Waals surface area (Å²) in [6, 6.07) is 21.2. The molecule has 13 rings (SSSR count). The predicted octanol–water partition coefficient (Wildman–Crippen LogP) is 13.6. The van der Waals surface area contributed by atoms with E-state index in [9.17, 15) is 41.0 Å². The zero-order chi connectivity index (χ0) is 69.8. The lowest BCUT2D eigenvalue weighted by Gasteiger charge is -2.48. The van der Waals surface area contributed by atoms with Crippen LogP contribution in [0.25, 0.3) is 56.1 Å². The highest BCUT2D eigenvalue weighted by Gasteiger charge is 2.63. The highest BCUT2D eigenvalue weighted by molar-refractivity contribution is 5.94. The van der Waals surface area contributed by atoms with Crippen LogP contribution < -0.4 is 22.6 Å². The second-order valence-corrected chi connectivity index (χ2v) is 22.2. The Morgan fingerprint density at radius 3 is 1.22 bits per heavy atom. The van der Waals surface area contributed by atoms with Crippen molar-refractivity contribution in [2.24, 2.45) is 136 Å². The summed E-state index contributed by atoms with van der Waals surface area (Å²) in [6.45, 7) is 0. The number of nitrogens with two attached hydrogens (primary N) is 3. The first kappa shape index (κ1) is 69.6.